The largest absolute Gasteiger partial charge is 0.288 e. The fraction of sp³-hybridized carbons (Fsp3) is 0.0625. The van der Waals surface area contributed by atoms with Gasteiger partial charge < -0.3 is 0 Å². The lowest BCUT2D eigenvalue weighted by Crippen LogP contribution is -1.95. The Morgan fingerprint density at radius 2 is 1.76 bits per heavy atom. The number of rotatable bonds is 2. The molecule has 0 bridgehead atoms. The molecule has 0 aliphatic heterocycles. The fourth-order valence-corrected chi connectivity index (χ4v) is 3.50. The van der Waals surface area contributed by atoms with E-state index < -0.39 is 0 Å². The molecule has 0 aliphatic carbocycles. The van der Waals surface area contributed by atoms with E-state index in [1.165, 1.54) is 10.3 Å². The summed E-state index contributed by atoms with van der Waals surface area (Å²) in [6.45, 7) is 2.11. The van der Waals surface area contributed by atoms with Gasteiger partial charge in [0.25, 0.3) is 0 Å². The van der Waals surface area contributed by atoms with Crippen LogP contribution in [0.15, 0.2) is 55.1 Å². The molecule has 0 radical (unpaired) electrons. The number of benzene rings is 2. The van der Waals surface area contributed by atoms with Crippen molar-refractivity contribution in [1.29, 1.82) is 0 Å². The van der Waals surface area contributed by atoms with Crippen LogP contribution in [0.1, 0.15) is 5.56 Å². The van der Waals surface area contributed by atoms with Crippen molar-refractivity contribution in [3.63, 3.8) is 0 Å². The first-order valence-corrected chi connectivity index (χ1v) is 7.45. The predicted molar refractivity (Wildman–Crippen MR) is 84.7 cm³/mol. The topological polar surface area (TPSA) is 43.6 Å². The lowest BCUT2D eigenvalue weighted by molar-refractivity contribution is 1.04. The Labute approximate surface area is 125 Å². The number of aromatic nitrogens is 4. The number of hydrogen-bond donors (Lipinski definition) is 0. The standard InChI is InChI=1S/C16H12N4S/c1-11-12(5-4-7-14(11)20-9-17-18-10-20)16-19-13-6-2-3-8-15(13)21-16/h2-10H,1H3. The van der Waals surface area contributed by atoms with Gasteiger partial charge in [-0.25, -0.2) is 4.98 Å². The van der Waals surface area contributed by atoms with Crippen LogP contribution in [-0.4, -0.2) is 19.7 Å². The van der Waals surface area contributed by atoms with Crippen molar-refractivity contribution in [1.82, 2.24) is 19.7 Å². The van der Waals surface area contributed by atoms with Gasteiger partial charge in [-0.05, 0) is 30.7 Å². The van der Waals surface area contributed by atoms with Crippen LogP contribution in [-0.2, 0) is 0 Å². The van der Waals surface area contributed by atoms with E-state index in [1.807, 2.05) is 28.8 Å². The molecule has 4 nitrogen and oxygen atoms in total. The van der Waals surface area contributed by atoms with Gasteiger partial charge in [-0.3, -0.25) is 4.57 Å². The first-order valence-electron chi connectivity index (χ1n) is 6.63. The molecular formula is C16H12N4S. The fourth-order valence-electron chi connectivity index (χ4n) is 2.45. The Balaban J connectivity index is 1.90. The van der Waals surface area contributed by atoms with Crippen molar-refractivity contribution >= 4 is 21.6 Å². The van der Waals surface area contributed by atoms with Crippen molar-refractivity contribution < 1.29 is 0 Å². The van der Waals surface area contributed by atoms with Gasteiger partial charge in [-0.1, -0.05) is 24.3 Å². The lowest BCUT2D eigenvalue weighted by atomic mass is 10.1. The molecule has 21 heavy (non-hydrogen) atoms. The van der Waals surface area contributed by atoms with Crippen molar-refractivity contribution in [2.45, 2.75) is 6.92 Å². The highest BCUT2D eigenvalue weighted by Crippen LogP contribution is 2.33. The third-order valence-electron chi connectivity index (χ3n) is 3.53. The van der Waals surface area contributed by atoms with Crippen LogP contribution in [0.2, 0.25) is 0 Å². The third kappa shape index (κ3) is 2.02. The molecule has 0 saturated carbocycles. The molecule has 102 valence electrons. The van der Waals surface area contributed by atoms with Gasteiger partial charge in [0.15, 0.2) is 0 Å². The van der Waals surface area contributed by atoms with E-state index in [-0.39, 0.29) is 0 Å². The molecule has 4 aromatic rings. The van der Waals surface area contributed by atoms with Gasteiger partial charge in [-0.15, -0.1) is 21.5 Å². The number of fused-ring (bicyclic) bond motifs is 1. The van der Waals surface area contributed by atoms with Crippen LogP contribution in [0.25, 0.3) is 26.5 Å². The normalized spacial score (nSPS) is 11.1. The smallest absolute Gasteiger partial charge is 0.124 e. The van der Waals surface area contributed by atoms with E-state index in [4.69, 9.17) is 4.98 Å². The van der Waals surface area contributed by atoms with E-state index in [2.05, 4.69) is 35.3 Å². The van der Waals surface area contributed by atoms with Crippen molar-refractivity contribution in [2.24, 2.45) is 0 Å². The molecular weight excluding hydrogens is 280 g/mol. The molecule has 0 fully saturated rings. The highest BCUT2D eigenvalue weighted by atomic mass is 32.1. The molecule has 0 aliphatic rings. The summed E-state index contributed by atoms with van der Waals surface area (Å²) < 4.78 is 3.13. The summed E-state index contributed by atoms with van der Waals surface area (Å²) in [4.78, 5) is 4.74. The Morgan fingerprint density at radius 1 is 0.952 bits per heavy atom. The summed E-state index contributed by atoms with van der Waals surface area (Å²) in [6, 6.07) is 14.4. The first-order chi connectivity index (χ1) is 10.3. The Kier molecular flexibility index (Phi) is 2.79. The molecule has 2 aromatic carbocycles. The zero-order chi connectivity index (χ0) is 14.2. The van der Waals surface area contributed by atoms with Crippen molar-refractivity contribution in [2.75, 3.05) is 0 Å². The number of para-hydroxylation sites is 1. The van der Waals surface area contributed by atoms with Gasteiger partial charge in [0.05, 0.1) is 15.9 Å². The maximum absolute atomic E-state index is 4.74. The number of thiazole rings is 1. The second-order valence-corrected chi connectivity index (χ2v) is 5.84. The van der Waals surface area contributed by atoms with Gasteiger partial charge in [0.2, 0.25) is 0 Å². The molecule has 4 rings (SSSR count). The zero-order valence-electron chi connectivity index (χ0n) is 11.4. The number of nitrogens with zero attached hydrogens (tertiary/aromatic N) is 4. The van der Waals surface area contributed by atoms with E-state index >= 15 is 0 Å². The zero-order valence-corrected chi connectivity index (χ0v) is 12.2. The van der Waals surface area contributed by atoms with Crippen molar-refractivity contribution in [3.05, 3.63) is 60.7 Å². The SMILES string of the molecule is Cc1c(-c2nc3ccccc3s2)cccc1-n1cnnc1. The van der Waals surface area contributed by atoms with Crippen LogP contribution in [0, 0.1) is 6.92 Å². The van der Waals surface area contributed by atoms with E-state index in [1.54, 1.807) is 24.0 Å². The van der Waals surface area contributed by atoms with Crippen LogP contribution in [0.5, 0.6) is 0 Å². The minimum atomic E-state index is 1.05. The molecule has 5 heteroatoms. The molecule has 2 aromatic heterocycles. The molecule has 2 heterocycles. The third-order valence-corrected chi connectivity index (χ3v) is 4.60. The van der Waals surface area contributed by atoms with E-state index in [9.17, 15) is 0 Å². The molecule has 0 unspecified atom stereocenters. The molecule has 0 N–H and O–H groups in total. The highest BCUT2D eigenvalue weighted by Gasteiger charge is 2.11. The summed E-state index contributed by atoms with van der Waals surface area (Å²) in [6.07, 6.45) is 3.43. The Bertz CT molecular complexity index is 876. The number of hydrogen-bond acceptors (Lipinski definition) is 4. The van der Waals surface area contributed by atoms with Gasteiger partial charge in [0, 0.05) is 5.56 Å². The molecule has 0 atom stereocenters. The maximum Gasteiger partial charge on any atom is 0.124 e. The summed E-state index contributed by atoms with van der Waals surface area (Å²) >= 11 is 1.72. The second-order valence-electron chi connectivity index (χ2n) is 4.81. The monoisotopic (exact) mass is 292 g/mol. The Morgan fingerprint density at radius 3 is 2.57 bits per heavy atom. The lowest BCUT2D eigenvalue weighted by Gasteiger charge is -2.09. The molecule has 0 saturated heterocycles. The van der Waals surface area contributed by atoms with Gasteiger partial charge in [0.1, 0.15) is 17.7 Å². The minimum absolute atomic E-state index is 1.05. The van der Waals surface area contributed by atoms with E-state index in [0.29, 0.717) is 0 Å². The van der Waals surface area contributed by atoms with Crippen LogP contribution >= 0.6 is 11.3 Å². The van der Waals surface area contributed by atoms with Crippen LogP contribution < -0.4 is 0 Å². The summed E-state index contributed by atoms with van der Waals surface area (Å²) in [7, 11) is 0. The predicted octanol–water partition coefficient (Wildman–Crippen LogP) is 3.85. The van der Waals surface area contributed by atoms with Crippen molar-refractivity contribution in [3.8, 4) is 16.3 Å². The summed E-state index contributed by atoms with van der Waals surface area (Å²) in [5, 5.41) is 8.80. The molecule has 0 amide bonds. The van der Waals surface area contributed by atoms with E-state index in [0.717, 1.165) is 21.8 Å². The summed E-state index contributed by atoms with van der Waals surface area (Å²) in [5.74, 6) is 0. The minimum Gasteiger partial charge on any atom is -0.288 e. The molecule has 0 spiro atoms. The summed E-state index contributed by atoms with van der Waals surface area (Å²) in [5.41, 5.74) is 4.46. The van der Waals surface area contributed by atoms with Crippen LogP contribution in [0.3, 0.4) is 0 Å². The highest BCUT2D eigenvalue weighted by molar-refractivity contribution is 7.21. The van der Waals surface area contributed by atoms with Crippen LogP contribution in [0.4, 0.5) is 0 Å². The Hall–Kier alpha value is -2.53. The average molecular weight is 292 g/mol. The quantitative estimate of drug-likeness (QED) is 0.563. The average Bonchev–Trinajstić information content (AvgIpc) is 3.16. The van der Waals surface area contributed by atoms with Gasteiger partial charge in [-0.2, -0.15) is 0 Å². The first kappa shape index (κ1) is 12.2. The maximum atomic E-state index is 4.74. The second kappa shape index (κ2) is 4.79. The van der Waals surface area contributed by atoms with Gasteiger partial charge >= 0.3 is 0 Å².